The Kier molecular flexibility index (Phi) is 5.49. The standard InChI is InChI=1S/C27H22FN5O2S/c1-15-14-21(34)24(32-33(15)20-12-6-3-9-17(20)28)26(35)31-27-23(16-8-2-7-13-22(16)36-27)25-29-18-10-4-5-11-19(18)30-25/h3-6,9-12,14H,2,7-8,13H2,1H3,(H,29,30)(H,31,35). The number of thiophene rings is 1. The largest absolute Gasteiger partial charge is 0.338 e. The molecule has 0 saturated carbocycles. The van der Waals surface area contributed by atoms with E-state index in [2.05, 4.69) is 15.4 Å². The molecule has 2 aromatic carbocycles. The van der Waals surface area contributed by atoms with Crippen LogP contribution in [-0.2, 0) is 12.8 Å². The highest BCUT2D eigenvalue weighted by molar-refractivity contribution is 7.17. The highest BCUT2D eigenvalue weighted by Crippen LogP contribution is 2.43. The van der Waals surface area contributed by atoms with Crippen molar-refractivity contribution in [1.29, 1.82) is 0 Å². The third-order valence-electron chi connectivity index (χ3n) is 6.43. The van der Waals surface area contributed by atoms with E-state index in [1.165, 1.54) is 38.6 Å². The quantitative estimate of drug-likeness (QED) is 0.346. The minimum atomic E-state index is -0.638. The molecule has 9 heteroatoms. The molecular weight excluding hydrogens is 477 g/mol. The third-order valence-corrected chi connectivity index (χ3v) is 7.63. The first kappa shape index (κ1) is 22.4. The van der Waals surface area contributed by atoms with Crippen LogP contribution in [0.4, 0.5) is 9.39 Å². The number of H-pyrrole nitrogens is 1. The van der Waals surface area contributed by atoms with Crippen LogP contribution in [-0.4, -0.2) is 25.7 Å². The molecule has 1 aliphatic carbocycles. The van der Waals surface area contributed by atoms with Crippen molar-refractivity contribution >= 4 is 33.3 Å². The zero-order valence-electron chi connectivity index (χ0n) is 19.5. The highest BCUT2D eigenvalue weighted by Gasteiger charge is 2.26. The molecule has 1 aliphatic rings. The Bertz CT molecular complexity index is 1670. The smallest absolute Gasteiger partial charge is 0.280 e. The van der Waals surface area contributed by atoms with Gasteiger partial charge in [0, 0.05) is 16.6 Å². The second-order valence-corrected chi connectivity index (χ2v) is 9.94. The summed E-state index contributed by atoms with van der Waals surface area (Å²) in [7, 11) is 0. The predicted molar refractivity (Wildman–Crippen MR) is 139 cm³/mol. The van der Waals surface area contributed by atoms with Gasteiger partial charge in [-0.25, -0.2) is 14.1 Å². The lowest BCUT2D eigenvalue weighted by Gasteiger charge is -2.13. The molecule has 36 heavy (non-hydrogen) atoms. The molecule has 2 N–H and O–H groups in total. The Hall–Kier alpha value is -4.11. The fourth-order valence-electron chi connectivity index (χ4n) is 4.71. The SMILES string of the molecule is Cc1cc(=O)c(C(=O)Nc2sc3c(c2-c2nc4ccccc4[nH]2)CCCC3)nn1-c1ccccc1F. The molecule has 6 rings (SSSR count). The Balaban J connectivity index is 1.43. The maximum Gasteiger partial charge on any atom is 0.280 e. The summed E-state index contributed by atoms with van der Waals surface area (Å²) in [5.74, 6) is -0.450. The number of rotatable bonds is 4. The molecular formula is C27H22FN5O2S. The number of hydrogen-bond acceptors (Lipinski definition) is 5. The number of amides is 1. The molecule has 0 radical (unpaired) electrons. The number of imidazole rings is 1. The molecule has 3 heterocycles. The van der Waals surface area contributed by atoms with Gasteiger partial charge in [0.25, 0.3) is 5.91 Å². The molecule has 0 saturated heterocycles. The van der Waals surface area contributed by atoms with E-state index < -0.39 is 17.2 Å². The third kappa shape index (κ3) is 3.81. The number of aryl methyl sites for hydroxylation is 2. The number of carbonyl (C=O) groups excluding carboxylic acids is 1. The number of halogens is 1. The lowest BCUT2D eigenvalue weighted by Crippen LogP contribution is -2.27. The predicted octanol–water partition coefficient (Wildman–Crippen LogP) is 5.42. The highest BCUT2D eigenvalue weighted by atomic mass is 32.1. The van der Waals surface area contributed by atoms with Crippen molar-refractivity contribution < 1.29 is 9.18 Å². The first-order valence-corrected chi connectivity index (χ1v) is 12.6. The molecule has 0 spiro atoms. The van der Waals surface area contributed by atoms with Gasteiger partial charge in [-0.15, -0.1) is 11.3 Å². The second kappa shape index (κ2) is 8.83. The Morgan fingerprint density at radius 2 is 1.89 bits per heavy atom. The lowest BCUT2D eigenvalue weighted by molar-refractivity contribution is 0.102. The van der Waals surface area contributed by atoms with Crippen molar-refractivity contribution in [1.82, 2.24) is 19.7 Å². The van der Waals surface area contributed by atoms with E-state index in [9.17, 15) is 14.0 Å². The first-order chi connectivity index (χ1) is 17.5. The maximum absolute atomic E-state index is 14.4. The maximum atomic E-state index is 14.4. The van der Waals surface area contributed by atoms with Crippen molar-refractivity contribution in [2.75, 3.05) is 5.32 Å². The van der Waals surface area contributed by atoms with Crippen molar-refractivity contribution in [3.63, 3.8) is 0 Å². The minimum Gasteiger partial charge on any atom is -0.338 e. The average molecular weight is 500 g/mol. The van der Waals surface area contributed by atoms with Crippen LogP contribution in [0.1, 0.15) is 39.5 Å². The Morgan fingerprint density at radius 1 is 1.11 bits per heavy atom. The molecule has 0 bridgehead atoms. The van der Waals surface area contributed by atoms with Gasteiger partial charge in [-0.05, 0) is 62.4 Å². The van der Waals surface area contributed by atoms with Gasteiger partial charge in [0.15, 0.2) is 5.69 Å². The number of anilines is 1. The molecule has 0 atom stereocenters. The zero-order valence-corrected chi connectivity index (χ0v) is 20.3. The normalized spacial score (nSPS) is 13.1. The van der Waals surface area contributed by atoms with Crippen LogP contribution in [0.2, 0.25) is 0 Å². The van der Waals surface area contributed by atoms with Crippen molar-refractivity contribution in [3.05, 3.63) is 92.5 Å². The van der Waals surface area contributed by atoms with E-state index in [1.54, 1.807) is 25.1 Å². The van der Waals surface area contributed by atoms with Gasteiger partial charge < -0.3 is 10.3 Å². The first-order valence-electron chi connectivity index (χ1n) is 11.8. The number of aromatic nitrogens is 4. The van der Waals surface area contributed by atoms with Crippen molar-refractivity contribution in [3.8, 4) is 17.1 Å². The average Bonchev–Trinajstić information content (AvgIpc) is 3.45. The lowest BCUT2D eigenvalue weighted by atomic mass is 9.95. The number of nitrogens with zero attached hydrogens (tertiary/aromatic N) is 3. The van der Waals surface area contributed by atoms with Crippen LogP contribution in [0.3, 0.4) is 0 Å². The summed E-state index contributed by atoms with van der Waals surface area (Å²) in [6.07, 6.45) is 3.99. The fourth-order valence-corrected chi connectivity index (χ4v) is 6.00. The van der Waals surface area contributed by atoms with Gasteiger partial charge in [0.2, 0.25) is 5.43 Å². The van der Waals surface area contributed by atoms with E-state index >= 15 is 0 Å². The summed E-state index contributed by atoms with van der Waals surface area (Å²) in [6.45, 7) is 1.65. The summed E-state index contributed by atoms with van der Waals surface area (Å²) >= 11 is 1.51. The van der Waals surface area contributed by atoms with E-state index in [4.69, 9.17) is 4.98 Å². The summed E-state index contributed by atoms with van der Waals surface area (Å²) in [5.41, 5.74) is 3.56. The van der Waals surface area contributed by atoms with Gasteiger partial charge >= 0.3 is 0 Å². The van der Waals surface area contributed by atoms with Crippen LogP contribution < -0.4 is 10.7 Å². The number of aromatic amines is 1. The summed E-state index contributed by atoms with van der Waals surface area (Å²) < 4.78 is 15.7. The number of carbonyl (C=O) groups is 1. The van der Waals surface area contributed by atoms with Crippen LogP contribution in [0, 0.1) is 12.7 Å². The molecule has 1 amide bonds. The molecule has 0 unspecified atom stereocenters. The summed E-state index contributed by atoms with van der Waals surface area (Å²) in [6, 6.07) is 15.2. The van der Waals surface area contributed by atoms with Crippen LogP contribution in [0.5, 0.6) is 0 Å². The summed E-state index contributed by atoms with van der Waals surface area (Å²) in [4.78, 5) is 35.5. The fraction of sp³-hybridized carbons (Fsp3) is 0.185. The van der Waals surface area contributed by atoms with Gasteiger partial charge in [0.05, 0.1) is 16.6 Å². The van der Waals surface area contributed by atoms with Crippen molar-refractivity contribution in [2.45, 2.75) is 32.6 Å². The van der Waals surface area contributed by atoms with Crippen LogP contribution in [0.25, 0.3) is 28.1 Å². The number of nitrogens with one attached hydrogen (secondary N) is 2. The molecule has 0 fully saturated rings. The molecule has 180 valence electrons. The number of fused-ring (bicyclic) bond motifs is 2. The monoisotopic (exact) mass is 499 g/mol. The van der Waals surface area contributed by atoms with Crippen LogP contribution >= 0.6 is 11.3 Å². The Morgan fingerprint density at radius 3 is 2.72 bits per heavy atom. The number of para-hydroxylation sites is 3. The number of hydrogen-bond donors (Lipinski definition) is 2. The van der Waals surface area contributed by atoms with Gasteiger partial charge in [-0.1, -0.05) is 24.3 Å². The van der Waals surface area contributed by atoms with Crippen LogP contribution in [0.15, 0.2) is 59.4 Å². The Labute approximate surface area is 209 Å². The molecule has 7 nitrogen and oxygen atoms in total. The van der Waals surface area contributed by atoms with E-state index in [-0.39, 0.29) is 11.4 Å². The second-order valence-electron chi connectivity index (χ2n) is 8.83. The topological polar surface area (TPSA) is 92.7 Å². The van der Waals surface area contributed by atoms with E-state index in [0.717, 1.165) is 42.3 Å². The van der Waals surface area contributed by atoms with Gasteiger partial charge in [-0.2, -0.15) is 5.10 Å². The van der Waals surface area contributed by atoms with E-state index in [0.29, 0.717) is 16.5 Å². The molecule has 5 aromatic rings. The minimum absolute atomic E-state index is 0.165. The zero-order chi connectivity index (χ0) is 24.8. The molecule has 3 aromatic heterocycles. The van der Waals surface area contributed by atoms with Gasteiger partial charge in [-0.3, -0.25) is 9.59 Å². The number of benzene rings is 2. The van der Waals surface area contributed by atoms with Crippen molar-refractivity contribution in [2.24, 2.45) is 0 Å². The molecule has 0 aliphatic heterocycles. The van der Waals surface area contributed by atoms with E-state index in [1.807, 2.05) is 24.3 Å². The summed E-state index contributed by atoms with van der Waals surface area (Å²) in [5, 5.41) is 7.81. The van der Waals surface area contributed by atoms with Gasteiger partial charge in [0.1, 0.15) is 22.3 Å².